The van der Waals surface area contributed by atoms with Gasteiger partial charge in [-0.25, -0.2) is 32.2 Å². The SMILES string of the molecule is CC1(C)C(N)=N[C@](CF)(c2cc(Nc3ncnc4cc(C#N)cnc34)ccc2F)CS1(=O)=O. The van der Waals surface area contributed by atoms with Gasteiger partial charge in [0.1, 0.15) is 46.5 Å². The molecule has 0 amide bonds. The molecule has 12 heteroatoms. The Bertz CT molecular complexity index is 1450. The molecule has 1 aromatic carbocycles. The highest BCUT2D eigenvalue weighted by molar-refractivity contribution is 7.93. The van der Waals surface area contributed by atoms with E-state index in [2.05, 4.69) is 25.3 Å². The molecule has 33 heavy (non-hydrogen) atoms. The zero-order valence-electron chi connectivity index (χ0n) is 17.7. The van der Waals surface area contributed by atoms with Crippen molar-refractivity contribution in [2.24, 2.45) is 10.7 Å². The number of aliphatic imine (C=N–C) groups is 1. The summed E-state index contributed by atoms with van der Waals surface area (Å²) in [5.74, 6) is -1.59. The predicted molar refractivity (Wildman–Crippen MR) is 119 cm³/mol. The van der Waals surface area contributed by atoms with Gasteiger partial charge in [0.05, 0.1) is 16.8 Å². The molecule has 0 radical (unpaired) electrons. The summed E-state index contributed by atoms with van der Waals surface area (Å²) >= 11 is 0. The molecular formula is C21H19F2N7O2S. The van der Waals surface area contributed by atoms with Crippen LogP contribution in [0.1, 0.15) is 25.0 Å². The zero-order chi connectivity index (χ0) is 24.0. The van der Waals surface area contributed by atoms with Gasteiger partial charge in [-0.2, -0.15) is 5.26 Å². The summed E-state index contributed by atoms with van der Waals surface area (Å²) in [6, 6.07) is 7.25. The minimum atomic E-state index is -3.94. The van der Waals surface area contributed by atoms with E-state index in [4.69, 9.17) is 11.0 Å². The van der Waals surface area contributed by atoms with E-state index in [1.807, 2.05) is 6.07 Å². The number of rotatable bonds is 4. The lowest BCUT2D eigenvalue weighted by Gasteiger charge is -2.38. The third-order valence-corrected chi connectivity index (χ3v) is 8.34. The van der Waals surface area contributed by atoms with Crippen LogP contribution in [0.2, 0.25) is 0 Å². The molecule has 1 aliphatic heterocycles. The highest BCUT2D eigenvalue weighted by atomic mass is 32.2. The highest BCUT2D eigenvalue weighted by Gasteiger charge is 2.51. The molecule has 1 atom stereocenters. The number of nitrogens with two attached hydrogens (primary N) is 1. The zero-order valence-corrected chi connectivity index (χ0v) is 18.5. The van der Waals surface area contributed by atoms with Crippen molar-refractivity contribution >= 4 is 38.2 Å². The van der Waals surface area contributed by atoms with Gasteiger partial charge >= 0.3 is 0 Å². The topological polar surface area (TPSA) is 147 Å². The average Bonchev–Trinajstić information content (AvgIpc) is 2.78. The van der Waals surface area contributed by atoms with Crippen LogP contribution < -0.4 is 11.1 Å². The number of nitrogens with one attached hydrogen (secondary N) is 1. The number of halogens is 2. The number of anilines is 2. The summed E-state index contributed by atoms with van der Waals surface area (Å²) in [4.78, 5) is 16.5. The lowest BCUT2D eigenvalue weighted by molar-refractivity contribution is 0.324. The number of nitrogens with zero attached hydrogens (tertiary/aromatic N) is 5. The molecule has 3 heterocycles. The molecule has 3 aromatic rings. The van der Waals surface area contributed by atoms with E-state index in [0.717, 1.165) is 6.07 Å². The minimum Gasteiger partial charge on any atom is -0.386 e. The van der Waals surface area contributed by atoms with Gasteiger partial charge < -0.3 is 11.1 Å². The summed E-state index contributed by atoms with van der Waals surface area (Å²) in [6.07, 6.45) is 2.62. The van der Waals surface area contributed by atoms with Gasteiger partial charge in [0.2, 0.25) is 0 Å². The Hall–Kier alpha value is -3.72. The molecule has 3 N–H and O–H groups in total. The lowest BCUT2D eigenvalue weighted by Crippen LogP contribution is -2.56. The van der Waals surface area contributed by atoms with Crippen LogP contribution in [-0.2, 0) is 15.4 Å². The monoisotopic (exact) mass is 471 g/mol. The number of amidine groups is 1. The van der Waals surface area contributed by atoms with Gasteiger partial charge in [-0.3, -0.25) is 4.99 Å². The number of alkyl halides is 1. The van der Waals surface area contributed by atoms with Crippen molar-refractivity contribution in [1.82, 2.24) is 15.0 Å². The number of fused-ring (bicyclic) bond motifs is 1. The number of nitriles is 1. The van der Waals surface area contributed by atoms with Crippen molar-refractivity contribution in [2.75, 3.05) is 17.7 Å². The minimum absolute atomic E-state index is 0.255. The largest absolute Gasteiger partial charge is 0.386 e. The first-order chi connectivity index (χ1) is 15.5. The highest BCUT2D eigenvalue weighted by Crippen LogP contribution is 2.39. The van der Waals surface area contributed by atoms with Crippen LogP contribution in [0.4, 0.5) is 20.3 Å². The van der Waals surface area contributed by atoms with Crippen LogP contribution in [0.25, 0.3) is 11.0 Å². The molecule has 1 aliphatic rings. The maximum atomic E-state index is 14.9. The maximum absolute atomic E-state index is 14.9. The number of aromatic nitrogens is 3. The normalized spacial score (nSPS) is 21.2. The Labute approximate surface area is 188 Å². The van der Waals surface area contributed by atoms with Crippen LogP contribution in [-0.4, -0.2) is 46.4 Å². The first-order valence-electron chi connectivity index (χ1n) is 9.75. The Morgan fingerprint density at radius 1 is 1.24 bits per heavy atom. The summed E-state index contributed by atoms with van der Waals surface area (Å²) in [7, 11) is -3.94. The fourth-order valence-electron chi connectivity index (χ4n) is 3.52. The van der Waals surface area contributed by atoms with Crippen LogP contribution in [0.3, 0.4) is 0 Å². The van der Waals surface area contributed by atoms with E-state index >= 15 is 0 Å². The Morgan fingerprint density at radius 3 is 2.67 bits per heavy atom. The predicted octanol–water partition coefficient (Wildman–Crippen LogP) is 2.51. The molecule has 0 aliphatic carbocycles. The summed E-state index contributed by atoms with van der Waals surface area (Å²) in [5.41, 5.74) is 4.99. The Morgan fingerprint density at radius 2 is 2.00 bits per heavy atom. The molecule has 0 unspecified atom stereocenters. The van der Waals surface area contributed by atoms with Crippen LogP contribution in [0.5, 0.6) is 0 Å². The molecule has 9 nitrogen and oxygen atoms in total. The van der Waals surface area contributed by atoms with E-state index in [0.29, 0.717) is 22.3 Å². The number of benzene rings is 1. The van der Waals surface area contributed by atoms with Crippen molar-refractivity contribution in [1.29, 1.82) is 5.26 Å². The second-order valence-electron chi connectivity index (χ2n) is 8.18. The average molecular weight is 471 g/mol. The number of sulfone groups is 1. The second-order valence-corrected chi connectivity index (χ2v) is 10.7. The van der Waals surface area contributed by atoms with Crippen molar-refractivity contribution < 1.29 is 17.2 Å². The van der Waals surface area contributed by atoms with E-state index in [-0.39, 0.29) is 17.2 Å². The fraction of sp³-hybridized carbons (Fsp3) is 0.286. The number of hydrogen-bond acceptors (Lipinski definition) is 9. The maximum Gasteiger partial charge on any atom is 0.165 e. The third kappa shape index (κ3) is 3.64. The quantitative estimate of drug-likeness (QED) is 0.590. The molecule has 0 saturated heterocycles. The van der Waals surface area contributed by atoms with Crippen molar-refractivity contribution in [2.45, 2.75) is 24.1 Å². The van der Waals surface area contributed by atoms with Gasteiger partial charge in [0.25, 0.3) is 0 Å². The standard InChI is InChI=1S/C21H19F2N7O2S/c1-20(2)19(25)30-21(9-22,10-33(20,31)32)14-6-13(3-4-15(14)23)29-18-17-16(27-11-28-18)5-12(7-24)8-26-17/h3-6,8,11H,9-10H2,1-2H3,(H2,25,30)(H,27,28,29)/t21-/m0/s1. The fourth-order valence-corrected chi connectivity index (χ4v) is 5.17. The van der Waals surface area contributed by atoms with E-state index in [1.54, 1.807) is 0 Å². The molecule has 2 aromatic heterocycles. The molecule has 0 saturated carbocycles. The third-order valence-electron chi connectivity index (χ3n) is 5.71. The van der Waals surface area contributed by atoms with Crippen molar-refractivity contribution in [3.63, 3.8) is 0 Å². The number of pyridine rings is 1. The Balaban J connectivity index is 1.81. The summed E-state index contributed by atoms with van der Waals surface area (Å²) in [5, 5.41) is 12.0. The lowest BCUT2D eigenvalue weighted by atomic mass is 9.92. The van der Waals surface area contributed by atoms with Gasteiger partial charge in [0, 0.05) is 17.4 Å². The van der Waals surface area contributed by atoms with Gasteiger partial charge in [0.15, 0.2) is 15.7 Å². The first-order valence-corrected chi connectivity index (χ1v) is 11.4. The smallest absolute Gasteiger partial charge is 0.165 e. The van der Waals surface area contributed by atoms with E-state index in [9.17, 15) is 17.2 Å². The number of hydrogen-bond donors (Lipinski definition) is 2. The summed E-state index contributed by atoms with van der Waals surface area (Å²) < 4.78 is 53.4. The molecule has 4 rings (SSSR count). The molecular weight excluding hydrogens is 452 g/mol. The molecule has 0 spiro atoms. The van der Waals surface area contributed by atoms with Crippen LogP contribution in [0.15, 0.2) is 41.8 Å². The van der Waals surface area contributed by atoms with Gasteiger partial charge in [-0.15, -0.1) is 0 Å². The van der Waals surface area contributed by atoms with Gasteiger partial charge in [-0.1, -0.05) is 0 Å². The van der Waals surface area contributed by atoms with Crippen molar-refractivity contribution in [3.05, 3.63) is 53.7 Å². The van der Waals surface area contributed by atoms with Crippen LogP contribution in [0, 0.1) is 17.1 Å². The first kappa shape index (κ1) is 22.5. The van der Waals surface area contributed by atoms with Crippen LogP contribution >= 0.6 is 0 Å². The Kier molecular flexibility index (Phi) is 5.24. The van der Waals surface area contributed by atoms with E-state index in [1.165, 1.54) is 44.6 Å². The van der Waals surface area contributed by atoms with E-state index < -0.39 is 38.4 Å². The molecule has 0 bridgehead atoms. The second kappa shape index (κ2) is 7.70. The molecule has 0 fully saturated rings. The summed E-state index contributed by atoms with van der Waals surface area (Å²) in [6.45, 7) is 1.49. The van der Waals surface area contributed by atoms with Crippen molar-refractivity contribution in [3.8, 4) is 6.07 Å². The van der Waals surface area contributed by atoms with Gasteiger partial charge in [-0.05, 0) is 38.1 Å². The molecule has 170 valence electrons.